The minimum Gasteiger partial charge on any atom is -0.395 e. The minimum absolute atomic E-state index is 0.0730. The summed E-state index contributed by atoms with van der Waals surface area (Å²) in [6.45, 7) is 3.55. The number of aromatic nitrogens is 1. The Morgan fingerprint density at radius 3 is 2.65 bits per heavy atom. The molecule has 0 saturated heterocycles. The zero-order chi connectivity index (χ0) is 12.7. The van der Waals surface area contributed by atoms with Crippen LogP contribution in [0.25, 0.3) is 0 Å². The highest BCUT2D eigenvalue weighted by Crippen LogP contribution is 2.15. The second-order valence-corrected chi connectivity index (χ2v) is 3.83. The lowest BCUT2D eigenvalue weighted by molar-refractivity contribution is 0.198. The summed E-state index contributed by atoms with van der Waals surface area (Å²) >= 11 is 0. The number of rotatable bonds is 7. The van der Waals surface area contributed by atoms with Crippen molar-refractivity contribution in [1.82, 2.24) is 4.98 Å². The number of hydrogen-bond acceptors (Lipinski definition) is 5. The maximum Gasteiger partial charge on any atom is 0.128 e. The van der Waals surface area contributed by atoms with E-state index >= 15 is 0 Å². The predicted molar refractivity (Wildman–Crippen MR) is 66.0 cm³/mol. The molecule has 1 heterocycles. The van der Waals surface area contributed by atoms with E-state index < -0.39 is 6.10 Å². The number of ether oxygens (including phenoxy) is 1. The van der Waals surface area contributed by atoms with E-state index in [0.717, 1.165) is 11.4 Å². The van der Waals surface area contributed by atoms with Crippen LogP contribution in [-0.4, -0.2) is 48.6 Å². The summed E-state index contributed by atoms with van der Waals surface area (Å²) in [5, 5.41) is 18.4. The smallest absolute Gasteiger partial charge is 0.128 e. The number of aliphatic hydroxyl groups excluding tert-OH is 2. The lowest BCUT2D eigenvalue weighted by Crippen LogP contribution is -2.30. The van der Waals surface area contributed by atoms with Crippen molar-refractivity contribution in [3.05, 3.63) is 23.9 Å². The molecule has 0 aliphatic carbocycles. The van der Waals surface area contributed by atoms with Crippen LogP contribution >= 0.6 is 0 Å². The largest absolute Gasteiger partial charge is 0.395 e. The van der Waals surface area contributed by atoms with Gasteiger partial charge in [-0.05, 0) is 18.6 Å². The molecule has 1 rings (SSSR count). The van der Waals surface area contributed by atoms with Crippen molar-refractivity contribution in [2.45, 2.75) is 13.0 Å². The molecule has 1 aromatic rings. The van der Waals surface area contributed by atoms with Gasteiger partial charge in [-0.25, -0.2) is 4.98 Å². The van der Waals surface area contributed by atoms with Crippen LogP contribution in [-0.2, 0) is 4.74 Å². The van der Waals surface area contributed by atoms with Gasteiger partial charge in [-0.3, -0.25) is 0 Å². The second-order valence-electron chi connectivity index (χ2n) is 3.83. The fraction of sp³-hybridized carbons (Fsp3) is 0.583. The molecule has 0 radical (unpaired) electrons. The molecule has 17 heavy (non-hydrogen) atoms. The number of aliphatic hydroxyl groups is 2. The third kappa shape index (κ3) is 4.30. The van der Waals surface area contributed by atoms with Gasteiger partial charge < -0.3 is 19.8 Å². The maximum absolute atomic E-state index is 9.38. The number of methoxy groups -OCH3 is 1. The summed E-state index contributed by atoms with van der Waals surface area (Å²) in [6.07, 6.45) is 1.14. The normalized spacial score (nSPS) is 12.5. The van der Waals surface area contributed by atoms with E-state index in [-0.39, 0.29) is 6.61 Å². The van der Waals surface area contributed by atoms with Crippen LogP contribution in [0.1, 0.15) is 18.6 Å². The van der Waals surface area contributed by atoms with Crippen molar-refractivity contribution in [3.8, 4) is 0 Å². The van der Waals surface area contributed by atoms with Gasteiger partial charge in [-0.15, -0.1) is 0 Å². The number of hydrogen-bond donors (Lipinski definition) is 2. The van der Waals surface area contributed by atoms with Crippen LogP contribution < -0.4 is 4.90 Å². The fourth-order valence-corrected chi connectivity index (χ4v) is 1.49. The first-order valence-electron chi connectivity index (χ1n) is 5.67. The van der Waals surface area contributed by atoms with E-state index in [1.165, 1.54) is 0 Å². The van der Waals surface area contributed by atoms with E-state index in [1.54, 1.807) is 20.2 Å². The SMILES string of the molecule is COCCN(CCO)c1ccc(C(C)O)cn1. The van der Waals surface area contributed by atoms with Crippen molar-refractivity contribution < 1.29 is 14.9 Å². The van der Waals surface area contributed by atoms with Gasteiger partial charge in [0, 0.05) is 26.4 Å². The van der Waals surface area contributed by atoms with Crippen molar-refractivity contribution in [2.24, 2.45) is 0 Å². The molecule has 1 unspecified atom stereocenters. The Morgan fingerprint density at radius 1 is 1.41 bits per heavy atom. The predicted octanol–water partition coefficient (Wildman–Crippen LogP) is 0.580. The van der Waals surface area contributed by atoms with Crippen molar-refractivity contribution in [3.63, 3.8) is 0 Å². The lowest BCUT2D eigenvalue weighted by Gasteiger charge is -2.22. The highest BCUT2D eigenvalue weighted by Gasteiger charge is 2.08. The highest BCUT2D eigenvalue weighted by molar-refractivity contribution is 5.39. The van der Waals surface area contributed by atoms with Crippen LogP contribution in [0.4, 0.5) is 5.82 Å². The molecule has 0 bridgehead atoms. The molecular formula is C12H20N2O3. The first kappa shape index (κ1) is 13.9. The second kappa shape index (κ2) is 7.21. The summed E-state index contributed by atoms with van der Waals surface area (Å²) in [5.74, 6) is 0.778. The number of anilines is 1. The maximum atomic E-state index is 9.38. The molecular weight excluding hydrogens is 220 g/mol. The van der Waals surface area contributed by atoms with Gasteiger partial charge in [0.05, 0.1) is 19.3 Å². The summed E-state index contributed by atoms with van der Waals surface area (Å²) in [7, 11) is 1.64. The van der Waals surface area contributed by atoms with Gasteiger partial charge in [-0.1, -0.05) is 6.07 Å². The average molecular weight is 240 g/mol. The number of pyridine rings is 1. The van der Waals surface area contributed by atoms with E-state index in [4.69, 9.17) is 9.84 Å². The Kier molecular flexibility index (Phi) is 5.90. The van der Waals surface area contributed by atoms with E-state index in [1.807, 2.05) is 17.0 Å². The summed E-state index contributed by atoms with van der Waals surface area (Å²) in [6, 6.07) is 3.68. The molecule has 0 spiro atoms. The van der Waals surface area contributed by atoms with Crippen LogP contribution in [0.3, 0.4) is 0 Å². The van der Waals surface area contributed by atoms with Gasteiger partial charge in [0.25, 0.3) is 0 Å². The molecule has 96 valence electrons. The Morgan fingerprint density at radius 2 is 2.18 bits per heavy atom. The summed E-state index contributed by atoms with van der Waals surface area (Å²) < 4.78 is 5.01. The topological polar surface area (TPSA) is 65.8 Å². The molecule has 2 N–H and O–H groups in total. The van der Waals surface area contributed by atoms with Crippen LogP contribution in [0.5, 0.6) is 0 Å². The Labute approximate surface area is 102 Å². The summed E-state index contributed by atoms with van der Waals surface area (Å²) in [4.78, 5) is 6.21. The molecule has 0 fully saturated rings. The lowest BCUT2D eigenvalue weighted by atomic mass is 10.2. The molecule has 5 nitrogen and oxygen atoms in total. The number of nitrogens with zero attached hydrogens (tertiary/aromatic N) is 2. The molecule has 0 aliphatic rings. The van der Waals surface area contributed by atoms with E-state index in [9.17, 15) is 5.11 Å². The van der Waals surface area contributed by atoms with Gasteiger partial charge in [0.15, 0.2) is 0 Å². The first-order valence-corrected chi connectivity index (χ1v) is 5.67. The third-order valence-electron chi connectivity index (χ3n) is 2.51. The van der Waals surface area contributed by atoms with Crippen LogP contribution in [0, 0.1) is 0 Å². The van der Waals surface area contributed by atoms with Gasteiger partial charge in [0.1, 0.15) is 5.82 Å². The van der Waals surface area contributed by atoms with Crippen LogP contribution in [0.15, 0.2) is 18.3 Å². The zero-order valence-electron chi connectivity index (χ0n) is 10.3. The van der Waals surface area contributed by atoms with E-state index in [0.29, 0.717) is 19.7 Å². The van der Waals surface area contributed by atoms with Gasteiger partial charge >= 0.3 is 0 Å². The van der Waals surface area contributed by atoms with Crippen molar-refractivity contribution >= 4 is 5.82 Å². The van der Waals surface area contributed by atoms with Crippen molar-refractivity contribution in [1.29, 1.82) is 0 Å². The molecule has 5 heteroatoms. The molecule has 1 aromatic heterocycles. The molecule has 0 saturated carbocycles. The summed E-state index contributed by atoms with van der Waals surface area (Å²) in [5.41, 5.74) is 0.782. The average Bonchev–Trinajstić information content (AvgIpc) is 2.34. The first-order chi connectivity index (χ1) is 8.19. The minimum atomic E-state index is -0.512. The third-order valence-corrected chi connectivity index (χ3v) is 2.51. The zero-order valence-corrected chi connectivity index (χ0v) is 10.3. The monoisotopic (exact) mass is 240 g/mol. The van der Waals surface area contributed by atoms with Gasteiger partial charge in [0.2, 0.25) is 0 Å². The van der Waals surface area contributed by atoms with Crippen molar-refractivity contribution in [2.75, 3.05) is 38.3 Å². The highest BCUT2D eigenvalue weighted by atomic mass is 16.5. The fourth-order valence-electron chi connectivity index (χ4n) is 1.49. The standard InChI is InChI=1S/C12H20N2O3/c1-10(16)11-3-4-12(13-9-11)14(5-7-15)6-8-17-2/h3-4,9-10,15-16H,5-8H2,1-2H3. The van der Waals surface area contributed by atoms with Gasteiger partial charge in [-0.2, -0.15) is 0 Å². The molecule has 0 amide bonds. The Hall–Kier alpha value is -1.17. The molecule has 1 atom stereocenters. The Bertz CT molecular complexity index is 314. The Balaban J connectivity index is 2.72. The molecule has 0 aliphatic heterocycles. The molecule has 0 aromatic carbocycles. The van der Waals surface area contributed by atoms with Crippen LogP contribution in [0.2, 0.25) is 0 Å². The quantitative estimate of drug-likeness (QED) is 0.730. The van der Waals surface area contributed by atoms with E-state index in [2.05, 4.69) is 4.98 Å².